The normalized spacial score (nSPS) is 12.0. The number of amides is 1. The highest BCUT2D eigenvalue weighted by Gasteiger charge is 2.16. The van der Waals surface area contributed by atoms with Crippen molar-refractivity contribution in [3.8, 4) is 5.75 Å². The van der Waals surface area contributed by atoms with E-state index in [1.54, 1.807) is 31.4 Å². The van der Waals surface area contributed by atoms with Gasteiger partial charge in [-0.2, -0.15) is 0 Å². The third kappa shape index (κ3) is 3.56. The molecule has 0 aliphatic carbocycles. The van der Waals surface area contributed by atoms with Crippen molar-refractivity contribution in [2.24, 2.45) is 0 Å². The Morgan fingerprint density at radius 2 is 2.04 bits per heavy atom. The van der Waals surface area contributed by atoms with Crippen molar-refractivity contribution in [3.63, 3.8) is 0 Å². The molecule has 0 saturated carbocycles. The number of aromatic nitrogens is 3. The van der Waals surface area contributed by atoms with E-state index in [-0.39, 0.29) is 24.1 Å². The number of nitrogens with one attached hydrogen (secondary N) is 1. The van der Waals surface area contributed by atoms with Gasteiger partial charge >= 0.3 is 0 Å². The Labute approximate surface area is 150 Å². The van der Waals surface area contributed by atoms with E-state index in [1.165, 1.54) is 0 Å². The molecule has 7 nitrogen and oxygen atoms in total. The Hall–Kier alpha value is -3.22. The summed E-state index contributed by atoms with van der Waals surface area (Å²) in [5.74, 6) is 0.382. The molecule has 2 aromatic carbocycles. The zero-order valence-corrected chi connectivity index (χ0v) is 14.9. The van der Waals surface area contributed by atoms with E-state index in [0.29, 0.717) is 16.7 Å². The average Bonchev–Trinajstić information content (AvgIpc) is 2.64. The van der Waals surface area contributed by atoms with E-state index in [4.69, 9.17) is 4.74 Å². The van der Waals surface area contributed by atoms with E-state index in [1.807, 2.05) is 32.0 Å². The first-order valence-electron chi connectivity index (χ1n) is 8.26. The van der Waals surface area contributed by atoms with E-state index in [2.05, 4.69) is 15.6 Å². The van der Waals surface area contributed by atoms with E-state index >= 15 is 0 Å². The second-order valence-corrected chi connectivity index (χ2v) is 6.10. The maximum Gasteiger partial charge on any atom is 0.278 e. The molecule has 7 heteroatoms. The van der Waals surface area contributed by atoms with Gasteiger partial charge < -0.3 is 10.1 Å². The lowest BCUT2D eigenvalue weighted by molar-refractivity contribution is -0.122. The van der Waals surface area contributed by atoms with Gasteiger partial charge in [-0.25, -0.2) is 4.68 Å². The summed E-state index contributed by atoms with van der Waals surface area (Å²) < 4.78 is 6.45. The molecule has 134 valence electrons. The number of hydrogen-bond donors (Lipinski definition) is 1. The van der Waals surface area contributed by atoms with Crippen molar-refractivity contribution in [3.05, 3.63) is 63.9 Å². The van der Waals surface area contributed by atoms with Gasteiger partial charge in [0.2, 0.25) is 5.91 Å². The van der Waals surface area contributed by atoms with Gasteiger partial charge in [-0.15, -0.1) is 5.10 Å². The van der Waals surface area contributed by atoms with Crippen LogP contribution in [0.4, 0.5) is 0 Å². The molecule has 0 fully saturated rings. The van der Waals surface area contributed by atoms with Crippen LogP contribution in [0.25, 0.3) is 10.9 Å². The number of hydrogen-bond acceptors (Lipinski definition) is 5. The van der Waals surface area contributed by atoms with Crippen molar-refractivity contribution in [1.29, 1.82) is 0 Å². The number of rotatable bonds is 5. The molecule has 0 saturated heterocycles. The molecule has 1 unspecified atom stereocenters. The third-order valence-electron chi connectivity index (χ3n) is 4.16. The molecule has 0 radical (unpaired) electrons. The van der Waals surface area contributed by atoms with Gasteiger partial charge in [0.25, 0.3) is 5.56 Å². The van der Waals surface area contributed by atoms with Gasteiger partial charge in [-0.3, -0.25) is 9.59 Å². The number of methoxy groups -OCH3 is 1. The first-order chi connectivity index (χ1) is 12.5. The summed E-state index contributed by atoms with van der Waals surface area (Å²) in [6.07, 6.45) is 0. The Kier molecular flexibility index (Phi) is 4.97. The third-order valence-corrected chi connectivity index (χ3v) is 4.16. The van der Waals surface area contributed by atoms with Crippen LogP contribution in [0.3, 0.4) is 0 Å². The zero-order valence-electron chi connectivity index (χ0n) is 14.9. The van der Waals surface area contributed by atoms with Gasteiger partial charge in [0.05, 0.1) is 18.5 Å². The fourth-order valence-electron chi connectivity index (χ4n) is 2.80. The Morgan fingerprint density at radius 3 is 2.81 bits per heavy atom. The quantitative estimate of drug-likeness (QED) is 0.759. The Balaban J connectivity index is 1.77. The molecule has 1 atom stereocenters. The summed E-state index contributed by atoms with van der Waals surface area (Å²) in [6, 6.07) is 12.4. The van der Waals surface area contributed by atoms with E-state index in [9.17, 15) is 9.59 Å². The number of benzene rings is 2. The highest BCUT2D eigenvalue weighted by Crippen LogP contribution is 2.25. The highest BCUT2D eigenvalue weighted by atomic mass is 16.5. The second-order valence-electron chi connectivity index (χ2n) is 6.10. The number of ether oxygens (including phenoxy) is 1. The maximum absolute atomic E-state index is 12.4. The predicted molar refractivity (Wildman–Crippen MR) is 98.1 cm³/mol. The van der Waals surface area contributed by atoms with Crippen molar-refractivity contribution in [2.45, 2.75) is 26.4 Å². The highest BCUT2D eigenvalue weighted by molar-refractivity contribution is 5.78. The minimum Gasteiger partial charge on any atom is -0.496 e. The second kappa shape index (κ2) is 7.35. The summed E-state index contributed by atoms with van der Waals surface area (Å²) >= 11 is 0. The molecule has 1 aromatic heterocycles. The van der Waals surface area contributed by atoms with E-state index in [0.717, 1.165) is 15.8 Å². The summed E-state index contributed by atoms with van der Waals surface area (Å²) in [5, 5.41) is 11.1. The Bertz CT molecular complexity index is 1010. The smallest absolute Gasteiger partial charge is 0.278 e. The molecule has 0 bridgehead atoms. The molecule has 26 heavy (non-hydrogen) atoms. The van der Waals surface area contributed by atoms with Crippen LogP contribution in [0.1, 0.15) is 24.1 Å². The van der Waals surface area contributed by atoms with Crippen LogP contribution in [-0.4, -0.2) is 28.0 Å². The van der Waals surface area contributed by atoms with Gasteiger partial charge in [0.15, 0.2) is 0 Å². The number of carbonyl (C=O) groups is 1. The summed E-state index contributed by atoms with van der Waals surface area (Å²) in [5.41, 5.74) is 2.10. The van der Waals surface area contributed by atoms with E-state index < -0.39 is 0 Å². The lowest BCUT2D eigenvalue weighted by Gasteiger charge is -2.18. The lowest BCUT2D eigenvalue weighted by Crippen LogP contribution is -2.35. The monoisotopic (exact) mass is 352 g/mol. The first kappa shape index (κ1) is 17.6. The van der Waals surface area contributed by atoms with Gasteiger partial charge in [0.1, 0.15) is 17.8 Å². The van der Waals surface area contributed by atoms with Crippen LogP contribution in [0.5, 0.6) is 5.75 Å². The number of aryl methyl sites for hydroxylation is 1. The van der Waals surface area contributed by atoms with Crippen molar-refractivity contribution in [1.82, 2.24) is 20.3 Å². The minimum atomic E-state index is -0.341. The number of nitrogens with zero attached hydrogens (tertiary/aromatic N) is 3. The number of carbonyl (C=O) groups excluding carboxylic acids is 1. The minimum absolute atomic E-state index is 0.199. The van der Waals surface area contributed by atoms with Gasteiger partial charge in [-0.1, -0.05) is 29.5 Å². The summed E-state index contributed by atoms with van der Waals surface area (Å²) in [6.45, 7) is 3.63. The molecule has 0 aliphatic rings. The molecule has 3 rings (SSSR count). The fraction of sp³-hybridized carbons (Fsp3) is 0.263. The molecule has 0 aliphatic heterocycles. The van der Waals surface area contributed by atoms with Crippen molar-refractivity contribution in [2.75, 3.05) is 7.11 Å². The average molecular weight is 352 g/mol. The molecule has 3 aromatic rings. The Morgan fingerprint density at radius 1 is 1.27 bits per heavy atom. The van der Waals surface area contributed by atoms with Crippen LogP contribution in [0.2, 0.25) is 0 Å². The van der Waals surface area contributed by atoms with Crippen LogP contribution < -0.4 is 15.6 Å². The van der Waals surface area contributed by atoms with Crippen LogP contribution >= 0.6 is 0 Å². The largest absolute Gasteiger partial charge is 0.496 e. The van der Waals surface area contributed by atoms with Crippen molar-refractivity contribution >= 4 is 16.8 Å². The topological polar surface area (TPSA) is 86.1 Å². The zero-order chi connectivity index (χ0) is 18.7. The number of fused-ring (bicyclic) bond motifs is 1. The molecular weight excluding hydrogens is 332 g/mol. The van der Waals surface area contributed by atoms with Crippen LogP contribution in [0, 0.1) is 6.92 Å². The molecule has 1 heterocycles. The van der Waals surface area contributed by atoms with Crippen molar-refractivity contribution < 1.29 is 9.53 Å². The summed E-state index contributed by atoms with van der Waals surface area (Å²) in [4.78, 5) is 24.8. The molecule has 1 amide bonds. The maximum atomic E-state index is 12.4. The molecular formula is C19H20N4O3. The SMILES string of the molecule is COc1cc(C)ccc1C(C)NC(=O)Cn1nnc2ccccc2c1=O. The molecule has 0 spiro atoms. The summed E-state index contributed by atoms with van der Waals surface area (Å²) in [7, 11) is 1.59. The van der Waals surface area contributed by atoms with Gasteiger partial charge in [0, 0.05) is 5.56 Å². The van der Waals surface area contributed by atoms with Crippen LogP contribution in [-0.2, 0) is 11.3 Å². The predicted octanol–water partition coefficient (Wildman–Crippen LogP) is 1.99. The first-order valence-corrected chi connectivity index (χ1v) is 8.26. The van der Waals surface area contributed by atoms with Crippen LogP contribution in [0.15, 0.2) is 47.3 Å². The van der Waals surface area contributed by atoms with Gasteiger partial charge in [-0.05, 0) is 37.6 Å². The molecule has 1 N–H and O–H groups in total. The fourth-order valence-corrected chi connectivity index (χ4v) is 2.80. The lowest BCUT2D eigenvalue weighted by atomic mass is 10.0. The standard InChI is InChI=1S/C19H20N4O3/c1-12-8-9-14(17(10-12)26-3)13(2)20-18(24)11-23-19(25)15-6-4-5-7-16(15)21-22-23/h4-10,13H,11H2,1-3H3,(H,20,24).